The van der Waals surface area contributed by atoms with E-state index in [0.717, 1.165) is 11.3 Å². The minimum absolute atomic E-state index is 0.0445. The Bertz CT molecular complexity index is 1250. The molecule has 158 valence electrons. The maximum absolute atomic E-state index is 13.6. The fourth-order valence-corrected chi connectivity index (χ4v) is 3.97. The van der Waals surface area contributed by atoms with Crippen molar-refractivity contribution in [2.24, 2.45) is 0 Å². The number of amides is 2. The van der Waals surface area contributed by atoms with Gasteiger partial charge in [0.1, 0.15) is 12.4 Å². The molecule has 1 N–H and O–H groups in total. The van der Waals surface area contributed by atoms with Gasteiger partial charge in [0.15, 0.2) is 0 Å². The summed E-state index contributed by atoms with van der Waals surface area (Å²) in [6.07, 6.45) is 2.73. The van der Waals surface area contributed by atoms with E-state index in [9.17, 15) is 9.59 Å². The molecule has 0 saturated carbocycles. The van der Waals surface area contributed by atoms with Crippen molar-refractivity contribution < 1.29 is 9.59 Å². The number of carbonyl (C=O) groups is 2. The molecule has 3 aromatic carbocycles. The van der Waals surface area contributed by atoms with Gasteiger partial charge >= 0.3 is 0 Å². The Morgan fingerprint density at radius 3 is 2.34 bits per heavy atom. The molecule has 4 aromatic rings. The molecule has 0 bridgehead atoms. The number of hydrogen-bond acceptors (Lipinski definition) is 4. The number of para-hydroxylation sites is 3. The lowest BCUT2D eigenvalue weighted by Gasteiger charge is -2.35. The number of nitrogens with one attached hydrogen (secondary N) is 1. The first-order valence-corrected chi connectivity index (χ1v) is 10.5. The molecule has 5 rings (SSSR count). The molecule has 1 aliphatic heterocycles. The number of carbonyl (C=O) groups excluding carboxylic acids is 2. The van der Waals surface area contributed by atoms with Crippen LogP contribution in [0.3, 0.4) is 0 Å². The first-order valence-electron chi connectivity index (χ1n) is 10.5. The monoisotopic (exact) mass is 423 g/mol. The maximum atomic E-state index is 13.6. The predicted molar refractivity (Wildman–Crippen MR) is 122 cm³/mol. The number of nitrogens with zero attached hydrogens (tertiary/aromatic N) is 4. The van der Waals surface area contributed by atoms with Crippen LogP contribution in [0.15, 0.2) is 91.3 Å². The highest BCUT2D eigenvalue weighted by Crippen LogP contribution is 2.32. The van der Waals surface area contributed by atoms with Crippen LogP contribution in [0.25, 0.3) is 5.69 Å². The SMILES string of the molecule is O=C(Nc1ccccc1)C1CCc2ccccc2N1C(=O)c1ncn(-c2ccccc2)n1. The van der Waals surface area contributed by atoms with Gasteiger partial charge in [-0.15, -0.1) is 5.10 Å². The molecule has 2 amide bonds. The van der Waals surface area contributed by atoms with Crippen molar-refractivity contribution in [1.82, 2.24) is 14.8 Å². The zero-order valence-corrected chi connectivity index (χ0v) is 17.3. The molecule has 1 aromatic heterocycles. The van der Waals surface area contributed by atoms with Crippen molar-refractivity contribution >= 4 is 23.2 Å². The number of aromatic nitrogens is 3. The number of anilines is 2. The van der Waals surface area contributed by atoms with Crippen LogP contribution in [0.4, 0.5) is 11.4 Å². The first kappa shape index (κ1) is 19.7. The summed E-state index contributed by atoms with van der Waals surface area (Å²) in [5.74, 6) is -0.593. The molecule has 7 nitrogen and oxygen atoms in total. The Morgan fingerprint density at radius 2 is 1.56 bits per heavy atom. The quantitative estimate of drug-likeness (QED) is 0.540. The Hall–Kier alpha value is -4.26. The standard InChI is InChI=1S/C25H21N5O2/c31-24(27-19-10-3-1-4-11-19)22-16-15-18-9-7-8-14-21(18)30(22)25(32)23-26-17-29(28-23)20-12-5-2-6-13-20/h1-14,17,22H,15-16H2,(H,27,31). The molecular weight excluding hydrogens is 402 g/mol. The van der Waals surface area contributed by atoms with Gasteiger partial charge < -0.3 is 5.32 Å². The summed E-state index contributed by atoms with van der Waals surface area (Å²) in [5.41, 5.74) is 3.23. The van der Waals surface area contributed by atoms with Crippen molar-refractivity contribution in [3.05, 3.63) is 103 Å². The molecule has 0 spiro atoms. The topological polar surface area (TPSA) is 80.1 Å². The van der Waals surface area contributed by atoms with Gasteiger partial charge in [-0.1, -0.05) is 54.6 Å². The van der Waals surface area contributed by atoms with Crippen LogP contribution in [0.2, 0.25) is 0 Å². The second-order valence-corrected chi connectivity index (χ2v) is 7.56. The van der Waals surface area contributed by atoms with E-state index in [1.165, 1.54) is 11.2 Å². The Kier molecular flexibility index (Phi) is 5.21. The summed E-state index contributed by atoms with van der Waals surface area (Å²) in [6, 6.07) is 25.7. The number of hydrogen-bond donors (Lipinski definition) is 1. The van der Waals surface area contributed by atoms with Crippen molar-refractivity contribution in [2.45, 2.75) is 18.9 Å². The third kappa shape index (κ3) is 3.76. The average Bonchev–Trinajstić information content (AvgIpc) is 3.34. The lowest BCUT2D eigenvalue weighted by Crippen LogP contribution is -2.50. The van der Waals surface area contributed by atoms with Gasteiger partial charge in [0, 0.05) is 11.4 Å². The van der Waals surface area contributed by atoms with Gasteiger partial charge in [0.05, 0.1) is 5.69 Å². The molecule has 0 saturated heterocycles. The Morgan fingerprint density at radius 1 is 0.875 bits per heavy atom. The number of rotatable bonds is 4. The molecule has 1 aliphatic rings. The lowest BCUT2D eigenvalue weighted by molar-refractivity contribution is -0.117. The molecule has 0 fully saturated rings. The van der Waals surface area contributed by atoms with Gasteiger partial charge in [-0.05, 0) is 48.7 Å². The third-order valence-corrected chi connectivity index (χ3v) is 5.52. The number of aryl methyl sites for hydroxylation is 1. The fraction of sp³-hybridized carbons (Fsp3) is 0.120. The van der Waals surface area contributed by atoms with Crippen molar-refractivity contribution in [3.63, 3.8) is 0 Å². The number of fused-ring (bicyclic) bond motifs is 1. The molecule has 0 radical (unpaired) electrons. The van der Waals surface area contributed by atoms with Crippen LogP contribution in [-0.2, 0) is 11.2 Å². The molecule has 0 aliphatic carbocycles. The van der Waals surface area contributed by atoms with Crippen LogP contribution in [0.1, 0.15) is 22.6 Å². The van der Waals surface area contributed by atoms with Gasteiger partial charge in [-0.25, -0.2) is 9.67 Å². The number of benzene rings is 3. The van der Waals surface area contributed by atoms with Gasteiger partial charge in [-0.3, -0.25) is 14.5 Å². The fourth-order valence-electron chi connectivity index (χ4n) is 3.97. The second-order valence-electron chi connectivity index (χ2n) is 7.56. The largest absolute Gasteiger partial charge is 0.324 e. The van der Waals surface area contributed by atoms with E-state index < -0.39 is 11.9 Å². The molecule has 32 heavy (non-hydrogen) atoms. The summed E-state index contributed by atoms with van der Waals surface area (Å²) in [7, 11) is 0. The van der Waals surface area contributed by atoms with Gasteiger partial charge in [-0.2, -0.15) is 0 Å². The minimum atomic E-state index is -0.665. The van der Waals surface area contributed by atoms with E-state index in [1.54, 1.807) is 4.68 Å². The van der Waals surface area contributed by atoms with Crippen LogP contribution in [-0.4, -0.2) is 32.6 Å². The van der Waals surface area contributed by atoms with E-state index in [1.807, 2.05) is 84.9 Å². The van der Waals surface area contributed by atoms with Crippen molar-refractivity contribution in [1.29, 1.82) is 0 Å². The van der Waals surface area contributed by atoms with E-state index in [-0.39, 0.29) is 11.7 Å². The highest BCUT2D eigenvalue weighted by atomic mass is 16.2. The predicted octanol–water partition coefficient (Wildman–Crippen LogP) is 3.87. The highest BCUT2D eigenvalue weighted by molar-refractivity contribution is 6.10. The molecular formula is C25H21N5O2. The normalized spacial score (nSPS) is 15.1. The van der Waals surface area contributed by atoms with E-state index in [2.05, 4.69) is 15.4 Å². The summed E-state index contributed by atoms with van der Waals surface area (Å²) in [6.45, 7) is 0. The zero-order chi connectivity index (χ0) is 21.9. The van der Waals surface area contributed by atoms with Crippen LogP contribution >= 0.6 is 0 Å². The minimum Gasteiger partial charge on any atom is -0.324 e. The summed E-state index contributed by atoms with van der Waals surface area (Å²) >= 11 is 0. The lowest BCUT2D eigenvalue weighted by atomic mass is 9.95. The van der Waals surface area contributed by atoms with E-state index in [0.29, 0.717) is 24.2 Å². The first-order chi connectivity index (χ1) is 15.7. The summed E-state index contributed by atoms with van der Waals surface area (Å²) in [4.78, 5) is 32.6. The highest BCUT2D eigenvalue weighted by Gasteiger charge is 2.37. The molecule has 1 unspecified atom stereocenters. The van der Waals surface area contributed by atoms with Crippen LogP contribution < -0.4 is 10.2 Å². The summed E-state index contributed by atoms with van der Waals surface area (Å²) in [5, 5.41) is 7.32. The van der Waals surface area contributed by atoms with Crippen molar-refractivity contribution in [3.8, 4) is 5.69 Å². The van der Waals surface area contributed by atoms with Gasteiger partial charge in [0.2, 0.25) is 11.7 Å². The molecule has 7 heteroatoms. The average molecular weight is 423 g/mol. The second kappa shape index (κ2) is 8.47. The molecule has 1 atom stereocenters. The Balaban J connectivity index is 1.48. The maximum Gasteiger partial charge on any atom is 0.298 e. The smallest absolute Gasteiger partial charge is 0.298 e. The van der Waals surface area contributed by atoms with Gasteiger partial charge in [0.25, 0.3) is 5.91 Å². The third-order valence-electron chi connectivity index (χ3n) is 5.52. The van der Waals surface area contributed by atoms with Crippen LogP contribution in [0, 0.1) is 0 Å². The Labute approximate surface area is 185 Å². The van der Waals surface area contributed by atoms with Crippen molar-refractivity contribution in [2.75, 3.05) is 10.2 Å². The van der Waals surface area contributed by atoms with E-state index >= 15 is 0 Å². The van der Waals surface area contributed by atoms with Crippen LogP contribution in [0.5, 0.6) is 0 Å². The zero-order valence-electron chi connectivity index (χ0n) is 17.3. The van der Waals surface area contributed by atoms with E-state index in [4.69, 9.17) is 0 Å². The summed E-state index contributed by atoms with van der Waals surface area (Å²) < 4.78 is 1.56. The molecule has 2 heterocycles.